The fraction of sp³-hybridized carbons (Fsp3) is 0.231. The smallest absolute Gasteiger partial charge is 0.352 e. The molecule has 3 rings (SSSR count). The molecule has 2 N–H and O–H groups in total. The maximum atomic E-state index is 11.0. The largest absolute Gasteiger partial charge is 0.487 e. The van der Waals surface area contributed by atoms with Crippen LogP contribution in [0.25, 0.3) is 10.9 Å². The highest BCUT2D eigenvalue weighted by molar-refractivity contribution is 5.97. The molecule has 20 heavy (non-hydrogen) atoms. The number of rotatable bonds is 6. The number of carbonyl (C=O) groups excluding carboxylic acids is 1. The number of nitrogens with one attached hydrogen (secondary N) is 1. The summed E-state index contributed by atoms with van der Waals surface area (Å²) in [5.74, 6) is -0.523. The minimum Gasteiger partial charge on any atom is -0.487 e. The second kappa shape index (κ2) is 4.86. The number of carboxylic acids is 1. The van der Waals surface area contributed by atoms with Gasteiger partial charge in [0.2, 0.25) is 0 Å². The Morgan fingerprint density at radius 3 is 3.00 bits per heavy atom. The van der Waals surface area contributed by atoms with Crippen LogP contribution in [0, 0.1) is 0 Å². The van der Waals surface area contributed by atoms with Crippen molar-refractivity contribution in [3.8, 4) is 11.5 Å². The second-order valence-electron chi connectivity index (χ2n) is 4.32. The highest BCUT2D eigenvalue weighted by Gasteiger charge is 2.24. The number of carboxylic acid groups (broad SMARTS) is 1. The van der Waals surface area contributed by atoms with Gasteiger partial charge in [0.1, 0.15) is 18.4 Å². The number of benzene rings is 1. The normalized spacial score (nSPS) is 16.9. The van der Waals surface area contributed by atoms with Crippen molar-refractivity contribution in [1.82, 2.24) is 4.98 Å². The first-order valence-electron chi connectivity index (χ1n) is 5.92. The zero-order valence-electron chi connectivity index (χ0n) is 10.3. The number of ether oxygens (including phenoxy) is 3. The lowest BCUT2D eigenvalue weighted by Crippen LogP contribution is -2.05. The van der Waals surface area contributed by atoms with E-state index < -0.39 is 5.97 Å². The van der Waals surface area contributed by atoms with Crippen molar-refractivity contribution in [3.63, 3.8) is 0 Å². The highest BCUT2D eigenvalue weighted by Crippen LogP contribution is 2.36. The van der Waals surface area contributed by atoms with Gasteiger partial charge in [0.15, 0.2) is 11.5 Å². The predicted molar refractivity (Wildman–Crippen MR) is 67.2 cm³/mol. The van der Waals surface area contributed by atoms with E-state index in [4.69, 9.17) is 19.3 Å². The molecule has 1 atom stereocenters. The molecule has 7 heteroatoms. The number of hydrogen-bond donors (Lipinski definition) is 2. The van der Waals surface area contributed by atoms with E-state index >= 15 is 0 Å². The standard InChI is InChI=1S/C13H11NO6/c15-6-20-12-8-3-10(13(16)17)14-9(8)1-2-11(12)19-5-7-4-18-7/h1-3,6-7,14H,4-5H2,(H,16,17)/t7-/m1/s1. The van der Waals surface area contributed by atoms with E-state index in [1.165, 1.54) is 6.07 Å². The Balaban J connectivity index is 2.01. The van der Waals surface area contributed by atoms with Gasteiger partial charge in [0.25, 0.3) is 6.47 Å². The van der Waals surface area contributed by atoms with Crippen molar-refractivity contribution in [1.29, 1.82) is 0 Å². The molecule has 0 unspecified atom stereocenters. The third-order valence-corrected chi connectivity index (χ3v) is 2.94. The van der Waals surface area contributed by atoms with Crippen molar-refractivity contribution in [2.24, 2.45) is 0 Å². The monoisotopic (exact) mass is 277 g/mol. The summed E-state index contributed by atoms with van der Waals surface area (Å²) in [7, 11) is 0. The Bertz CT molecular complexity index is 673. The Morgan fingerprint density at radius 1 is 1.55 bits per heavy atom. The summed E-state index contributed by atoms with van der Waals surface area (Å²) in [5.41, 5.74) is 0.563. The molecule has 7 nitrogen and oxygen atoms in total. The molecule has 1 saturated heterocycles. The van der Waals surface area contributed by atoms with Crippen LogP contribution in [-0.2, 0) is 9.53 Å². The Morgan fingerprint density at radius 2 is 2.35 bits per heavy atom. The van der Waals surface area contributed by atoms with Gasteiger partial charge in [0, 0.05) is 5.39 Å². The SMILES string of the molecule is O=COc1c(OC[C@H]2CO2)ccc2[nH]c(C(=O)O)cc12. The predicted octanol–water partition coefficient (Wildman–Crippen LogP) is 1.18. The number of aromatic nitrogens is 1. The second-order valence-corrected chi connectivity index (χ2v) is 4.32. The summed E-state index contributed by atoms with van der Waals surface area (Å²) in [4.78, 5) is 24.3. The summed E-state index contributed by atoms with van der Waals surface area (Å²) in [5, 5.41) is 9.45. The molecule has 1 aliphatic heterocycles. The van der Waals surface area contributed by atoms with Crippen LogP contribution in [0.1, 0.15) is 10.5 Å². The van der Waals surface area contributed by atoms with E-state index in [0.29, 0.717) is 29.9 Å². The number of fused-ring (bicyclic) bond motifs is 1. The maximum absolute atomic E-state index is 11.0. The van der Waals surface area contributed by atoms with E-state index in [1.807, 2.05) is 0 Å². The quantitative estimate of drug-likeness (QED) is 0.607. The molecule has 1 aromatic heterocycles. The van der Waals surface area contributed by atoms with Crippen LogP contribution in [0.2, 0.25) is 0 Å². The van der Waals surface area contributed by atoms with E-state index in [9.17, 15) is 9.59 Å². The topological polar surface area (TPSA) is 101 Å². The first kappa shape index (κ1) is 12.5. The molecule has 104 valence electrons. The average molecular weight is 277 g/mol. The molecule has 0 spiro atoms. The molecule has 0 amide bonds. The van der Waals surface area contributed by atoms with Crippen molar-refractivity contribution in [2.45, 2.75) is 6.10 Å². The Labute approximate surface area is 113 Å². The summed E-state index contributed by atoms with van der Waals surface area (Å²) >= 11 is 0. The fourth-order valence-electron chi connectivity index (χ4n) is 1.90. The third-order valence-electron chi connectivity index (χ3n) is 2.94. The van der Waals surface area contributed by atoms with Crippen LogP contribution in [0.15, 0.2) is 18.2 Å². The first-order valence-corrected chi connectivity index (χ1v) is 5.92. The summed E-state index contributed by atoms with van der Waals surface area (Å²) < 4.78 is 15.5. The van der Waals surface area contributed by atoms with Gasteiger partial charge in [-0.3, -0.25) is 4.79 Å². The average Bonchev–Trinajstić information content (AvgIpc) is 3.14. The molecular formula is C13H11NO6. The minimum absolute atomic E-state index is 0.0124. The number of epoxide rings is 1. The summed E-state index contributed by atoms with van der Waals surface area (Å²) in [6.45, 7) is 1.29. The van der Waals surface area contributed by atoms with Crippen LogP contribution >= 0.6 is 0 Å². The molecule has 1 fully saturated rings. The van der Waals surface area contributed by atoms with Crippen molar-refractivity contribution < 1.29 is 28.9 Å². The lowest BCUT2D eigenvalue weighted by molar-refractivity contribution is -0.120. The number of H-pyrrole nitrogens is 1. The molecule has 1 aliphatic rings. The highest BCUT2D eigenvalue weighted by atomic mass is 16.6. The molecule has 0 radical (unpaired) electrons. The molecular weight excluding hydrogens is 266 g/mol. The minimum atomic E-state index is -1.09. The van der Waals surface area contributed by atoms with E-state index in [1.54, 1.807) is 12.1 Å². The fourth-order valence-corrected chi connectivity index (χ4v) is 1.90. The zero-order valence-corrected chi connectivity index (χ0v) is 10.3. The van der Waals surface area contributed by atoms with Crippen LogP contribution in [0.3, 0.4) is 0 Å². The van der Waals surface area contributed by atoms with Gasteiger partial charge in [-0.05, 0) is 18.2 Å². The molecule has 0 bridgehead atoms. The van der Waals surface area contributed by atoms with Crippen LogP contribution in [0.5, 0.6) is 11.5 Å². The van der Waals surface area contributed by atoms with Gasteiger partial charge < -0.3 is 24.3 Å². The van der Waals surface area contributed by atoms with Crippen LogP contribution in [0.4, 0.5) is 0 Å². The summed E-state index contributed by atoms with van der Waals surface area (Å²) in [6.07, 6.45) is 0.0654. The number of aromatic carboxylic acids is 1. The molecule has 1 aromatic carbocycles. The summed E-state index contributed by atoms with van der Waals surface area (Å²) in [6, 6.07) is 4.69. The van der Waals surface area contributed by atoms with Crippen molar-refractivity contribution in [2.75, 3.05) is 13.2 Å². The van der Waals surface area contributed by atoms with E-state index in [2.05, 4.69) is 4.98 Å². The van der Waals surface area contributed by atoms with Gasteiger partial charge in [-0.2, -0.15) is 0 Å². The van der Waals surface area contributed by atoms with Gasteiger partial charge in [-0.25, -0.2) is 4.79 Å². The molecule has 0 aliphatic carbocycles. The maximum Gasteiger partial charge on any atom is 0.352 e. The van der Waals surface area contributed by atoms with Crippen molar-refractivity contribution in [3.05, 3.63) is 23.9 Å². The van der Waals surface area contributed by atoms with E-state index in [0.717, 1.165) is 0 Å². The van der Waals surface area contributed by atoms with E-state index in [-0.39, 0.29) is 24.0 Å². The van der Waals surface area contributed by atoms with Gasteiger partial charge in [0.05, 0.1) is 12.1 Å². The van der Waals surface area contributed by atoms with Crippen molar-refractivity contribution >= 4 is 23.3 Å². The molecule has 0 saturated carbocycles. The van der Waals surface area contributed by atoms with Gasteiger partial charge in [-0.1, -0.05) is 0 Å². The van der Waals surface area contributed by atoms with Gasteiger partial charge in [-0.15, -0.1) is 0 Å². The zero-order chi connectivity index (χ0) is 14.1. The van der Waals surface area contributed by atoms with Crippen LogP contribution < -0.4 is 9.47 Å². The number of carbonyl (C=O) groups is 2. The Kier molecular flexibility index (Phi) is 3.03. The third kappa shape index (κ3) is 2.30. The number of aromatic amines is 1. The van der Waals surface area contributed by atoms with Gasteiger partial charge >= 0.3 is 5.97 Å². The lowest BCUT2D eigenvalue weighted by Gasteiger charge is -2.09. The Hall–Kier alpha value is -2.54. The molecule has 2 aromatic rings. The van der Waals surface area contributed by atoms with Crippen LogP contribution in [-0.4, -0.2) is 41.8 Å². The first-order chi connectivity index (χ1) is 9.69. The number of hydrogen-bond acceptors (Lipinski definition) is 5. The lowest BCUT2D eigenvalue weighted by atomic mass is 10.2. The molecule has 2 heterocycles.